The van der Waals surface area contributed by atoms with E-state index in [1.54, 1.807) is 16.9 Å². The summed E-state index contributed by atoms with van der Waals surface area (Å²) in [6, 6.07) is 5.51. The third kappa shape index (κ3) is 5.02. The minimum absolute atomic E-state index is 0.290. The second-order valence-electron chi connectivity index (χ2n) is 7.60. The van der Waals surface area contributed by atoms with Crippen LogP contribution in [0.5, 0.6) is 0 Å². The molecule has 5 rings (SSSR count). The second-order valence-corrected chi connectivity index (χ2v) is 7.60. The first-order valence-corrected chi connectivity index (χ1v) is 10.5. The molecule has 4 N–H and O–H groups in total. The number of ether oxygens (including phenoxy) is 1. The first-order chi connectivity index (χ1) is 15.5. The van der Waals surface area contributed by atoms with Gasteiger partial charge in [0.05, 0.1) is 30.8 Å². The number of carboxylic acid groups (broad SMARTS) is 1. The van der Waals surface area contributed by atoms with Crippen LogP contribution in [0.2, 0.25) is 0 Å². The Bertz CT molecular complexity index is 1080. The zero-order valence-corrected chi connectivity index (χ0v) is 17.4. The van der Waals surface area contributed by atoms with E-state index in [2.05, 4.69) is 31.3 Å². The molecular formula is C20H25FN8O3. The standard InChI is InChI=1S/C19H22FN7O.CH3NO2/c20-15-11-14(5-6-17(15)26-7-9-28-10-8-26)27-18-16(24-25-27)12-21-19(23-18)22-13-3-1-2-4-13;2-1(3)4/h5-6,11-13H,1-4,7-10H2,(H,21,22,23);2H2,(H,3,4). The minimum Gasteiger partial charge on any atom is -0.465 e. The fourth-order valence-electron chi connectivity index (χ4n) is 3.91. The fourth-order valence-corrected chi connectivity index (χ4v) is 3.91. The van der Waals surface area contributed by atoms with E-state index in [1.165, 1.54) is 18.9 Å². The van der Waals surface area contributed by atoms with Gasteiger partial charge in [-0.05, 0) is 25.0 Å². The van der Waals surface area contributed by atoms with Gasteiger partial charge in [-0.15, -0.1) is 5.10 Å². The van der Waals surface area contributed by atoms with Gasteiger partial charge in [0.2, 0.25) is 5.95 Å². The van der Waals surface area contributed by atoms with Gasteiger partial charge in [-0.25, -0.2) is 14.2 Å². The lowest BCUT2D eigenvalue weighted by atomic mass is 10.2. The highest BCUT2D eigenvalue weighted by Gasteiger charge is 2.19. The maximum absolute atomic E-state index is 14.8. The van der Waals surface area contributed by atoms with Crippen molar-refractivity contribution >= 4 is 28.9 Å². The van der Waals surface area contributed by atoms with E-state index in [9.17, 15) is 4.39 Å². The first kappa shape index (κ1) is 21.7. The Morgan fingerprint density at radius 1 is 1.25 bits per heavy atom. The summed E-state index contributed by atoms with van der Waals surface area (Å²) in [7, 11) is 0. The van der Waals surface area contributed by atoms with Crippen LogP contribution in [-0.4, -0.2) is 68.5 Å². The van der Waals surface area contributed by atoms with Gasteiger partial charge >= 0.3 is 6.09 Å². The number of nitrogens with one attached hydrogen (secondary N) is 1. The van der Waals surface area contributed by atoms with Gasteiger partial charge in [0.1, 0.15) is 5.82 Å². The van der Waals surface area contributed by atoms with Gasteiger partial charge in [0, 0.05) is 25.2 Å². The number of anilines is 2. The molecule has 2 aromatic heterocycles. The predicted octanol–water partition coefficient (Wildman–Crippen LogP) is 2.16. The van der Waals surface area contributed by atoms with Crippen LogP contribution in [-0.2, 0) is 4.74 Å². The number of halogens is 1. The number of amides is 1. The summed E-state index contributed by atoms with van der Waals surface area (Å²) < 4.78 is 21.7. The zero-order chi connectivity index (χ0) is 22.5. The van der Waals surface area contributed by atoms with Crippen molar-refractivity contribution in [3.63, 3.8) is 0 Å². The average Bonchev–Trinajstić information content (AvgIpc) is 3.43. The number of carbonyl (C=O) groups is 1. The SMILES string of the molecule is Fc1cc(-n2nnc3cnc(NC4CCCC4)nc32)ccc1N1CCOCC1.NC(=O)O. The van der Waals surface area contributed by atoms with Gasteiger partial charge in [-0.3, -0.25) is 0 Å². The van der Waals surface area contributed by atoms with Crippen LogP contribution >= 0.6 is 0 Å². The number of rotatable bonds is 4. The van der Waals surface area contributed by atoms with Crippen LogP contribution < -0.4 is 16.0 Å². The molecule has 1 saturated heterocycles. The second kappa shape index (κ2) is 9.73. The molecule has 1 saturated carbocycles. The Kier molecular flexibility index (Phi) is 6.59. The van der Waals surface area contributed by atoms with Crippen LogP contribution in [0.4, 0.5) is 20.8 Å². The molecule has 0 atom stereocenters. The molecule has 1 aliphatic carbocycles. The molecule has 3 heterocycles. The van der Waals surface area contributed by atoms with E-state index in [0.29, 0.717) is 60.8 Å². The number of morpholine rings is 1. The highest BCUT2D eigenvalue weighted by Crippen LogP contribution is 2.25. The van der Waals surface area contributed by atoms with Crippen molar-refractivity contribution in [2.45, 2.75) is 31.7 Å². The number of aromatic nitrogens is 5. The van der Waals surface area contributed by atoms with Crippen molar-refractivity contribution in [2.24, 2.45) is 5.73 Å². The Balaban J connectivity index is 0.000000567. The topological polar surface area (TPSA) is 144 Å². The van der Waals surface area contributed by atoms with Crippen LogP contribution in [0, 0.1) is 5.82 Å². The number of hydrogen-bond donors (Lipinski definition) is 3. The van der Waals surface area contributed by atoms with Crippen LogP contribution in [0.25, 0.3) is 16.9 Å². The van der Waals surface area contributed by atoms with Gasteiger partial charge in [0.25, 0.3) is 0 Å². The van der Waals surface area contributed by atoms with Gasteiger partial charge in [-0.1, -0.05) is 18.1 Å². The van der Waals surface area contributed by atoms with Crippen molar-refractivity contribution in [2.75, 3.05) is 36.5 Å². The minimum atomic E-state index is -1.33. The summed E-state index contributed by atoms with van der Waals surface area (Å²) in [6.07, 6.45) is 5.05. The predicted molar refractivity (Wildman–Crippen MR) is 116 cm³/mol. The van der Waals surface area contributed by atoms with Gasteiger partial charge in [0.15, 0.2) is 11.2 Å². The molecule has 0 radical (unpaired) electrons. The Hall–Kier alpha value is -3.54. The van der Waals surface area contributed by atoms with E-state index in [1.807, 2.05) is 11.0 Å². The summed E-state index contributed by atoms with van der Waals surface area (Å²) >= 11 is 0. The molecule has 1 aliphatic heterocycles. The molecule has 0 spiro atoms. The molecule has 0 bridgehead atoms. The Labute approximate surface area is 183 Å². The van der Waals surface area contributed by atoms with E-state index >= 15 is 0 Å². The molecule has 12 heteroatoms. The number of nitrogens with zero attached hydrogens (tertiary/aromatic N) is 6. The van der Waals surface area contributed by atoms with E-state index in [-0.39, 0.29) is 5.82 Å². The summed E-state index contributed by atoms with van der Waals surface area (Å²) in [4.78, 5) is 19.7. The molecule has 1 amide bonds. The summed E-state index contributed by atoms with van der Waals surface area (Å²) in [5.74, 6) is 0.273. The molecule has 2 aliphatic rings. The third-order valence-electron chi connectivity index (χ3n) is 5.41. The smallest absolute Gasteiger partial charge is 0.402 e. The molecule has 0 unspecified atom stereocenters. The lowest BCUT2D eigenvalue weighted by Gasteiger charge is -2.29. The van der Waals surface area contributed by atoms with Crippen molar-refractivity contribution in [3.05, 3.63) is 30.2 Å². The number of benzene rings is 1. The van der Waals surface area contributed by atoms with Crippen molar-refractivity contribution in [1.29, 1.82) is 0 Å². The molecule has 11 nitrogen and oxygen atoms in total. The lowest BCUT2D eigenvalue weighted by Crippen LogP contribution is -2.36. The normalized spacial score (nSPS) is 16.6. The number of nitrogens with two attached hydrogens (primary N) is 1. The van der Waals surface area contributed by atoms with Crippen molar-refractivity contribution in [1.82, 2.24) is 25.0 Å². The van der Waals surface area contributed by atoms with Gasteiger partial charge < -0.3 is 25.8 Å². The maximum Gasteiger partial charge on any atom is 0.402 e. The Morgan fingerprint density at radius 3 is 2.66 bits per heavy atom. The van der Waals surface area contributed by atoms with Crippen LogP contribution in [0.3, 0.4) is 0 Å². The van der Waals surface area contributed by atoms with E-state index in [4.69, 9.17) is 14.6 Å². The summed E-state index contributed by atoms with van der Waals surface area (Å²) in [5.41, 5.74) is 6.33. The third-order valence-corrected chi connectivity index (χ3v) is 5.41. The zero-order valence-electron chi connectivity index (χ0n) is 17.4. The molecule has 32 heavy (non-hydrogen) atoms. The summed E-state index contributed by atoms with van der Waals surface area (Å²) in [6.45, 7) is 2.60. The highest BCUT2D eigenvalue weighted by atomic mass is 19.1. The molecule has 1 aromatic carbocycles. The average molecular weight is 444 g/mol. The first-order valence-electron chi connectivity index (χ1n) is 10.5. The van der Waals surface area contributed by atoms with Crippen LogP contribution in [0.15, 0.2) is 24.4 Å². The van der Waals surface area contributed by atoms with Gasteiger partial charge in [-0.2, -0.15) is 9.67 Å². The van der Waals surface area contributed by atoms with E-state index < -0.39 is 6.09 Å². The van der Waals surface area contributed by atoms with Crippen LogP contribution in [0.1, 0.15) is 25.7 Å². The van der Waals surface area contributed by atoms with Crippen molar-refractivity contribution in [3.8, 4) is 5.69 Å². The molecule has 3 aromatic rings. The lowest BCUT2D eigenvalue weighted by molar-refractivity contribution is 0.122. The van der Waals surface area contributed by atoms with Crippen molar-refractivity contribution < 1.29 is 19.0 Å². The Morgan fingerprint density at radius 2 is 1.97 bits per heavy atom. The fraction of sp³-hybridized carbons (Fsp3) is 0.450. The quantitative estimate of drug-likeness (QED) is 0.551. The van der Waals surface area contributed by atoms with E-state index in [0.717, 1.165) is 12.8 Å². The number of primary amides is 1. The number of fused-ring (bicyclic) bond motifs is 1. The molecular weight excluding hydrogens is 419 g/mol. The monoisotopic (exact) mass is 444 g/mol. The maximum atomic E-state index is 14.8. The summed E-state index contributed by atoms with van der Waals surface area (Å²) in [5, 5.41) is 18.9. The molecule has 2 fully saturated rings. The largest absolute Gasteiger partial charge is 0.465 e. The number of hydrogen-bond acceptors (Lipinski definition) is 8. The molecule has 170 valence electrons. The highest BCUT2D eigenvalue weighted by molar-refractivity contribution is 5.72.